The Morgan fingerprint density at radius 1 is 1.03 bits per heavy atom. The second-order valence-electron chi connectivity index (χ2n) is 7.50. The van der Waals surface area contributed by atoms with Gasteiger partial charge in [0.1, 0.15) is 12.4 Å². The summed E-state index contributed by atoms with van der Waals surface area (Å²) in [5.41, 5.74) is 0.461. The number of halogens is 1. The quantitative estimate of drug-likeness (QED) is 0.410. The van der Waals surface area contributed by atoms with Crippen molar-refractivity contribution in [3.63, 3.8) is 0 Å². The average molecular weight is 452 g/mol. The topological polar surface area (TPSA) is 90.6 Å². The van der Waals surface area contributed by atoms with E-state index < -0.39 is 5.60 Å². The van der Waals surface area contributed by atoms with Gasteiger partial charge in [0, 0.05) is 16.7 Å². The zero-order valence-corrected chi connectivity index (χ0v) is 18.4. The highest BCUT2D eigenvalue weighted by Gasteiger charge is 2.29. The monoisotopic (exact) mass is 451 g/mol. The molecule has 2 aromatic carbocycles. The maximum atomic E-state index is 12.5. The van der Waals surface area contributed by atoms with E-state index in [9.17, 15) is 4.79 Å². The lowest BCUT2D eigenvalue weighted by Gasteiger charge is -2.25. The summed E-state index contributed by atoms with van der Waals surface area (Å²) in [4.78, 5) is 12.5. The Bertz CT molecular complexity index is 1210. The maximum absolute atomic E-state index is 12.5. The number of aromatic nitrogens is 4. The van der Waals surface area contributed by atoms with Crippen LogP contribution in [0.3, 0.4) is 0 Å². The van der Waals surface area contributed by atoms with E-state index in [2.05, 4.69) is 20.6 Å². The molecular formula is C23H22ClN5O3. The predicted molar refractivity (Wildman–Crippen MR) is 121 cm³/mol. The second kappa shape index (κ2) is 9.23. The van der Waals surface area contributed by atoms with Crippen LogP contribution in [0.25, 0.3) is 17.0 Å². The molecule has 0 aliphatic rings. The molecule has 1 amide bonds. The predicted octanol–water partition coefficient (Wildman–Crippen LogP) is 3.80. The van der Waals surface area contributed by atoms with Crippen molar-refractivity contribution in [2.75, 3.05) is 13.2 Å². The van der Waals surface area contributed by atoms with Crippen LogP contribution in [0.15, 0.2) is 66.7 Å². The molecule has 4 aromatic rings. The van der Waals surface area contributed by atoms with Crippen LogP contribution < -0.4 is 14.8 Å². The van der Waals surface area contributed by atoms with Gasteiger partial charge in [-0.25, -0.2) is 0 Å². The van der Waals surface area contributed by atoms with Crippen molar-refractivity contribution in [3.05, 3.63) is 71.8 Å². The molecule has 0 aliphatic carbocycles. The van der Waals surface area contributed by atoms with Crippen molar-refractivity contribution in [1.29, 1.82) is 0 Å². The SMILES string of the molecule is CC(C)(Oc1ccc(Cl)cc1)C(=O)NCCOc1ccc2nnc(-c3ccccc3)n2n1. The molecule has 2 heterocycles. The number of nitrogens with one attached hydrogen (secondary N) is 1. The van der Waals surface area contributed by atoms with Gasteiger partial charge in [-0.15, -0.1) is 15.3 Å². The van der Waals surface area contributed by atoms with Gasteiger partial charge in [-0.3, -0.25) is 4.79 Å². The van der Waals surface area contributed by atoms with Crippen LogP contribution in [0.1, 0.15) is 13.8 Å². The molecule has 164 valence electrons. The average Bonchev–Trinajstić information content (AvgIpc) is 3.22. The summed E-state index contributed by atoms with van der Waals surface area (Å²) in [6, 6.07) is 20.0. The fourth-order valence-electron chi connectivity index (χ4n) is 2.99. The Balaban J connectivity index is 1.33. The Hall–Kier alpha value is -3.65. The minimum atomic E-state index is -1.06. The lowest BCUT2D eigenvalue weighted by atomic mass is 10.1. The van der Waals surface area contributed by atoms with Crippen molar-refractivity contribution >= 4 is 23.2 Å². The van der Waals surface area contributed by atoms with Gasteiger partial charge in [0.15, 0.2) is 17.1 Å². The van der Waals surface area contributed by atoms with Crippen LogP contribution in [-0.4, -0.2) is 44.5 Å². The minimum absolute atomic E-state index is 0.240. The third-order valence-electron chi connectivity index (χ3n) is 4.64. The normalized spacial score (nSPS) is 11.3. The maximum Gasteiger partial charge on any atom is 0.263 e. The fraction of sp³-hybridized carbons (Fsp3) is 0.217. The van der Waals surface area contributed by atoms with Crippen LogP contribution in [-0.2, 0) is 4.79 Å². The van der Waals surface area contributed by atoms with E-state index in [0.717, 1.165) is 5.56 Å². The molecule has 9 heteroatoms. The standard InChI is InChI=1S/C23H22ClN5O3/c1-23(2,32-18-10-8-17(24)9-11-18)22(30)25-14-15-31-20-13-12-19-26-27-21(29(19)28-20)16-6-4-3-5-7-16/h3-13H,14-15H2,1-2H3,(H,25,30). The molecule has 0 fully saturated rings. The van der Waals surface area contributed by atoms with Gasteiger partial charge in [0.25, 0.3) is 5.91 Å². The molecule has 8 nitrogen and oxygen atoms in total. The Morgan fingerprint density at radius 3 is 2.53 bits per heavy atom. The molecule has 0 atom stereocenters. The van der Waals surface area contributed by atoms with Crippen molar-refractivity contribution in [3.8, 4) is 23.0 Å². The first kappa shape index (κ1) is 21.6. The van der Waals surface area contributed by atoms with Crippen LogP contribution in [0.5, 0.6) is 11.6 Å². The first-order valence-electron chi connectivity index (χ1n) is 10.1. The van der Waals surface area contributed by atoms with E-state index >= 15 is 0 Å². The molecule has 0 saturated heterocycles. The van der Waals surface area contributed by atoms with E-state index in [4.69, 9.17) is 21.1 Å². The van der Waals surface area contributed by atoms with E-state index in [0.29, 0.717) is 34.7 Å². The van der Waals surface area contributed by atoms with Crippen LogP contribution in [0.2, 0.25) is 5.02 Å². The highest BCUT2D eigenvalue weighted by Crippen LogP contribution is 2.21. The number of ether oxygens (including phenoxy) is 2. The number of amides is 1. The number of rotatable bonds is 8. The third kappa shape index (κ3) is 4.97. The first-order valence-corrected chi connectivity index (χ1v) is 10.4. The first-order chi connectivity index (χ1) is 15.4. The third-order valence-corrected chi connectivity index (χ3v) is 4.89. The Labute approximate surface area is 190 Å². The summed E-state index contributed by atoms with van der Waals surface area (Å²) in [5, 5.41) is 16.2. The summed E-state index contributed by atoms with van der Waals surface area (Å²) in [7, 11) is 0. The smallest absolute Gasteiger partial charge is 0.263 e. The van der Waals surface area contributed by atoms with Crippen molar-refractivity contribution in [2.45, 2.75) is 19.4 Å². The van der Waals surface area contributed by atoms with Gasteiger partial charge < -0.3 is 14.8 Å². The zero-order valence-electron chi connectivity index (χ0n) is 17.7. The molecule has 0 aliphatic heterocycles. The Kier molecular flexibility index (Phi) is 6.23. The number of hydrogen-bond acceptors (Lipinski definition) is 6. The molecule has 1 N–H and O–H groups in total. The zero-order chi connectivity index (χ0) is 22.6. The largest absolute Gasteiger partial charge is 0.478 e. The number of fused-ring (bicyclic) bond motifs is 1. The van der Waals surface area contributed by atoms with Crippen LogP contribution in [0, 0.1) is 0 Å². The highest BCUT2D eigenvalue weighted by atomic mass is 35.5. The number of carbonyl (C=O) groups is 1. The Morgan fingerprint density at radius 2 is 1.78 bits per heavy atom. The van der Waals surface area contributed by atoms with Crippen molar-refractivity contribution in [1.82, 2.24) is 25.1 Å². The summed E-state index contributed by atoms with van der Waals surface area (Å²) in [6.45, 7) is 3.93. The van der Waals surface area contributed by atoms with Gasteiger partial charge in [0.2, 0.25) is 5.88 Å². The van der Waals surface area contributed by atoms with Gasteiger partial charge in [0.05, 0.1) is 6.54 Å². The summed E-state index contributed by atoms with van der Waals surface area (Å²) in [5.74, 6) is 1.33. The van der Waals surface area contributed by atoms with Crippen LogP contribution in [0.4, 0.5) is 0 Å². The second-order valence-corrected chi connectivity index (χ2v) is 7.94. The van der Waals surface area contributed by atoms with Crippen LogP contribution >= 0.6 is 11.6 Å². The van der Waals surface area contributed by atoms with Gasteiger partial charge in [-0.1, -0.05) is 41.9 Å². The van der Waals surface area contributed by atoms with Gasteiger partial charge >= 0.3 is 0 Å². The molecule has 2 aromatic heterocycles. The number of benzene rings is 2. The van der Waals surface area contributed by atoms with E-state index in [1.807, 2.05) is 30.3 Å². The van der Waals surface area contributed by atoms with Crippen molar-refractivity contribution in [2.24, 2.45) is 0 Å². The van der Waals surface area contributed by atoms with Gasteiger partial charge in [-0.05, 0) is 44.2 Å². The highest BCUT2D eigenvalue weighted by molar-refractivity contribution is 6.30. The number of hydrogen-bond donors (Lipinski definition) is 1. The molecular weight excluding hydrogens is 430 g/mol. The lowest BCUT2D eigenvalue weighted by molar-refractivity contribution is -0.134. The van der Waals surface area contributed by atoms with E-state index in [-0.39, 0.29) is 12.5 Å². The summed E-state index contributed by atoms with van der Waals surface area (Å²) < 4.78 is 13.1. The summed E-state index contributed by atoms with van der Waals surface area (Å²) >= 11 is 5.88. The van der Waals surface area contributed by atoms with E-state index in [1.54, 1.807) is 54.8 Å². The molecule has 0 unspecified atom stereocenters. The summed E-state index contributed by atoms with van der Waals surface area (Å²) in [6.07, 6.45) is 0. The molecule has 4 rings (SSSR count). The molecule has 32 heavy (non-hydrogen) atoms. The molecule has 0 radical (unpaired) electrons. The molecule has 0 bridgehead atoms. The lowest BCUT2D eigenvalue weighted by Crippen LogP contribution is -2.47. The van der Waals surface area contributed by atoms with E-state index in [1.165, 1.54) is 0 Å². The van der Waals surface area contributed by atoms with Gasteiger partial charge in [-0.2, -0.15) is 4.52 Å². The minimum Gasteiger partial charge on any atom is -0.478 e. The molecule has 0 saturated carbocycles. The molecule has 0 spiro atoms. The van der Waals surface area contributed by atoms with Crippen molar-refractivity contribution < 1.29 is 14.3 Å². The fourth-order valence-corrected chi connectivity index (χ4v) is 3.12. The number of carbonyl (C=O) groups excluding carboxylic acids is 1. The number of nitrogens with zero attached hydrogens (tertiary/aromatic N) is 4.